The van der Waals surface area contributed by atoms with Crippen molar-refractivity contribution in [3.63, 3.8) is 0 Å². The normalized spacial score (nSPS) is 20.5. The molecule has 2 N–H and O–H groups in total. The van der Waals surface area contributed by atoms with E-state index < -0.39 is 0 Å². The molecule has 2 aliphatic rings. The van der Waals surface area contributed by atoms with Crippen molar-refractivity contribution in [1.29, 1.82) is 5.26 Å². The van der Waals surface area contributed by atoms with Gasteiger partial charge in [-0.15, -0.1) is 11.3 Å². The Labute approximate surface area is 188 Å². The molecule has 3 heterocycles. The lowest BCUT2D eigenvalue weighted by molar-refractivity contribution is -0.111. The van der Waals surface area contributed by atoms with Crippen LogP contribution in [0.25, 0.3) is 6.08 Å². The fourth-order valence-electron chi connectivity index (χ4n) is 4.03. The molecular formula is C22H23N3O4S2. The predicted octanol–water partition coefficient (Wildman–Crippen LogP) is 3.78. The van der Waals surface area contributed by atoms with Gasteiger partial charge in [0.25, 0.3) is 0 Å². The van der Waals surface area contributed by atoms with Gasteiger partial charge in [0.05, 0.1) is 18.2 Å². The highest BCUT2D eigenvalue weighted by Gasteiger charge is 2.33. The zero-order valence-corrected chi connectivity index (χ0v) is 18.5. The second kappa shape index (κ2) is 9.64. The number of likely N-dealkylation sites (tertiary alicyclic amines) is 1. The van der Waals surface area contributed by atoms with Crippen molar-refractivity contribution in [2.75, 3.05) is 18.5 Å². The van der Waals surface area contributed by atoms with E-state index in [1.54, 1.807) is 22.3 Å². The Kier molecular flexibility index (Phi) is 6.70. The molecule has 162 valence electrons. The van der Waals surface area contributed by atoms with E-state index in [-0.39, 0.29) is 30.8 Å². The van der Waals surface area contributed by atoms with E-state index in [1.807, 2.05) is 16.8 Å². The minimum Gasteiger partial charge on any atom is -0.446 e. The maximum atomic E-state index is 12.5. The van der Waals surface area contributed by atoms with Gasteiger partial charge in [-0.3, -0.25) is 4.79 Å². The summed E-state index contributed by atoms with van der Waals surface area (Å²) in [4.78, 5) is 27.4. The van der Waals surface area contributed by atoms with Crippen molar-refractivity contribution < 1.29 is 19.4 Å². The van der Waals surface area contributed by atoms with Crippen molar-refractivity contribution in [3.05, 3.63) is 44.5 Å². The number of nitrogens with zero attached hydrogens (tertiary/aromatic N) is 2. The molecule has 4 rings (SSSR count). The fraction of sp³-hybridized carbons (Fsp3) is 0.409. The van der Waals surface area contributed by atoms with Gasteiger partial charge in [0, 0.05) is 23.9 Å². The van der Waals surface area contributed by atoms with Crippen molar-refractivity contribution in [3.8, 4) is 6.07 Å². The number of nitriles is 1. The Morgan fingerprint density at radius 3 is 3.03 bits per heavy atom. The smallest absolute Gasteiger partial charge is 0.410 e. The van der Waals surface area contributed by atoms with E-state index in [0.717, 1.165) is 28.8 Å². The summed E-state index contributed by atoms with van der Waals surface area (Å²) < 4.78 is 5.71. The maximum absolute atomic E-state index is 12.5. The van der Waals surface area contributed by atoms with E-state index >= 15 is 0 Å². The highest BCUT2D eigenvalue weighted by Crippen LogP contribution is 2.38. The van der Waals surface area contributed by atoms with Crippen LogP contribution in [0.15, 0.2) is 22.9 Å². The summed E-state index contributed by atoms with van der Waals surface area (Å²) in [6, 6.07) is 3.98. The van der Waals surface area contributed by atoms with Gasteiger partial charge in [0.1, 0.15) is 17.2 Å². The Bertz CT molecular complexity index is 1020. The van der Waals surface area contributed by atoms with Gasteiger partial charge in [-0.25, -0.2) is 4.79 Å². The molecule has 31 heavy (non-hydrogen) atoms. The van der Waals surface area contributed by atoms with Crippen LogP contribution in [0.2, 0.25) is 0 Å². The lowest BCUT2D eigenvalue weighted by Crippen LogP contribution is -2.40. The fourth-order valence-corrected chi connectivity index (χ4v) is 5.93. The van der Waals surface area contributed by atoms with Gasteiger partial charge < -0.3 is 20.1 Å². The Morgan fingerprint density at radius 1 is 1.42 bits per heavy atom. The monoisotopic (exact) mass is 457 g/mol. The van der Waals surface area contributed by atoms with Crippen molar-refractivity contribution in [1.82, 2.24) is 4.90 Å². The molecule has 2 unspecified atom stereocenters. The molecule has 0 radical (unpaired) electrons. The lowest BCUT2D eigenvalue weighted by Gasteiger charge is -2.27. The van der Waals surface area contributed by atoms with Crippen LogP contribution in [0.3, 0.4) is 0 Å². The largest absolute Gasteiger partial charge is 0.446 e. The van der Waals surface area contributed by atoms with Gasteiger partial charge in [-0.05, 0) is 59.7 Å². The van der Waals surface area contributed by atoms with Crippen LogP contribution in [0.5, 0.6) is 0 Å². The van der Waals surface area contributed by atoms with E-state index in [1.165, 1.54) is 17.4 Å². The van der Waals surface area contributed by atoms with Gasteiger partial charge in [0.2, 0.25) is 5.91 Å². The third kappa shape index (κ3) is 4.82. The minimum atomic E-state index is -0.380. The zero-order valence-electron chi connectivity index (χ0n) is 16.9. The van der Waals surface area contributed by atoms with Crippen molar-refractivity contribution in [2.45, 2.75) is 44.2 Å². The molecule has 2 amide bonds. The summed E-state index contributed by atoms with van der Waals surface area (Å²) in [6.45, 7) is 0.555. The third-order valence-electron chi connectivity index (χ3n) is 5.63. The number of carbonyl (C=O) groups excluding carboxylic acids is 2. The first-order valence-electron chi connectivity index (χ1n) is 10.2. The molecule has 1 saturated heterocycles. The standard InChI is InChI=1S/C22H23N3O4S2/c23-11-18-17-5-4-16(29-22(28)25-8-1-2-15(25)12-26)10-19(17)31-21(18)24-20(27)6-3-14-7-9-30-13-14/h3,6-7,9,13,15-16,26H,1-2,4-5,8,10,12H2,(H,24,27)/b6-3+. The average molecular weight is 458 g/mol. The average Bonchev–Trinajstić information content (AvgIpc) is 3.51. The van der Waals surface area contributed by atoms with E-state index in [4.69, 9.17) is 4.74 Å². The summed E-state index contributed by atoms with van der Waals surface area (Å²) >= 11 is 2.93. The van der Waals surface area contributed by atoms with Gasteiger partial charge in [-0.1, -0.05) is 0 Å². The van der Waals surface area contributed by atoms with E-state index in [9.17, 15) is 20.0 Å². The third-order valence-corrected chi connectivity index (χ3v) is 7.50. The second-order valence-electron chi connectivity index (χ2n) is 7.62. The number of ether oxygens (including phenoxy) is 1. The van der Waals surface area contributed by atoms with Crippen LogP contribution in [0, 0.1) is 11.3 Å². The van der Waals surface area contributed by atoms with Gasteiger partial charge in [-0.2, -0.15) is 16.6 Å². The molecule has 1 aliphatic carbocycles. The van der Waals surface area contributed by atoms with E-state index in [0.29, 0.717) is 36.4 Å². The van der Waals surface area contributed by atoms with Gasteiger partial charge in [0.15, 0.2) is 0 Å². The van der Waals surface area contributed by atoms with Crippen LogP contribution in [0.1, 0.15) is 40.8 Å². The number of hydrogen-bond acceptors (Lipinski definition) is 7. The quantitative estimate of drug-likeness (QED) is 0.665. The molecule has 0 saturated carbocycles. The Morgan fingerprint density at radius 2 is 2.29 bits per heavy atom. The van der Waals surface area contributed by atoms with Crippen molar-refractivity contribution >= 4 is 45.8 Å². The summed E-state index contributed by atoms with van der Waals surface area (Å²) in [7, 11) is 0. The van der Waals surface area contributed by atoms with E-state index in [2.05, 4.69) is 11.4 Å². The number of fused-ring (bicyclic) bond motifs is 1. The molecule has 1 fully saturated rings. The minimum absolute atomic E-state index is 0.0513. The Balaban J connectivity index is 1.41. The molecule has 2 atom stereocenters. The molecular weight excluding hydrogens is 434 g/mol. The predicted molar refractivity (Wildman–Crippen MR) is 120 cm³/mol. The summed E-state index contributed by atoms with van der Waals surface area (Å²) in [6.07, 6.45) is 5.99. The number of nitrogens with one attached hydrogen (secondary N) is 1. The summed E-state index contributed by atoms with van der Waals surface area (Å²) in [5.74, 6) is -0.284. The van der Waals surface area contributed by atoms with Crippen LogP contribution >= 0.6 is 22.7 Å². The molecule has 0 bridgehead atoms. The number of aliphatic hydroxyl groups is 1. The first kappa shape index (κ1) is 21.6. The highest BCUT2D eigenvalue weighted by molar-refractivity contribution is 7.16. The number of aliphatic hydroxyl groups excluding tert-OH is 1. The molecule has 0 aromatic carbocycles. The molecule has 9 heteroatoms. The number of rotatable bonds is 5. The van der Waals surface area contributed by atoms with Crippen molar-refractivity contribution in [2.24, 2.45) is 0 Å². The zero-order chi connectivity index (χ0) is 21.8. The Hall–Kier alpha value is -2.67. The number of thiophene rings is 2. The number of carbonyl (C=O) groups is 2. The molecule has 2 aromatic heterocycles. The second-order valence-corrected chi connectivity index (χ2v) is 9.50. The number of anilines is 1. The molecule has 1 aliphatic heterocycles. The van der Waals surface area contributed by atoms with Crippen LogP contribution in [0.4, 0.5) is 9.80 Å². The summed E-state index contributed by atoms with van der Waals surface area (Å²) in [5.41, 5.74) is 2.39. The van der Waals surface area contributed by atoms with Crippen LogP contribution in [-0.4, -0.2) is 47.3 Å². The first-order valence-corrected chi connectivity index (χ1v) is 12.0. The molecule has 0 spiro atoms. The number of amides is 2. The topological polar surface area (TPSA) is 103 Å². The van der Waals surface area contributed by atoms with Gasteiger partial charge >= 0.3 is 6.09 Å². The lowest BCUT2D eigenvalue weighted by atomic mass is 9.94. The van der Waals surface area contributed by atoms with Crippen LogP contribution in [-0.2, 0) is 22.4 Å². The number of hydrogen-bond donors (Lipinski definition) is 2. The molecule has 2 aromatic rings. The first-order chi connectivity index (χ1) is 15.1. The SMILES string of the molecule is N#Cc1c(NC(=O)/C=C/c2ccsc2)sc2c1CCC(OC(=O)N1CCCC1CO)C2. The highest BCUT2D eigenvalue weighted by atomic mass is 32.1. The maximum Gasteiger partial charge on any atom is 0.410 e. The molecule has 7 nitrogen and oxygen atoms in total. The van der Waals surface area contributed by atoms with Crippen LogP contribution < -0.4 is 5.32 Å². The summed E-state index contributed by atoms with van der Waals surface area (Å²) in [5, 5.41) is 26.3.